The van der Waals surface area contributed by atoms with E-state index in [1.165, 1.54) is 12.1 Å². The summed E-state index contributed by atoms with van der Waals surface area (Å²) in [7, 11) is 1.71. The highest BCUT2D eigenvalue weighted by molar-refractivity contribution is 5.88. The average molecular weight is 387 g/mol. The van der Waals surface area contributed by atoms with E-state index in [0.29, 0.717) is 13.1 Å². The summed E-state index contributed by atoms with van der Waals surface area (Å²) in [5.74, 6) is -0.520. The van der Waals surface area contributed by atoms with Crippen LogP contribution in [-0.4, -0.2) is 64.0 Å². The number of hydrogen-bond acceptors (Lipinski definition) is 4. The second-order valence-corrected chi connectivity index (χ2v) is 7.37. The first-order chi connectivity index (χ1) is 13.4. The number of carbonyl (C=O) groups excluding carboxylic acids is 2. The molecule has 1 aliphatic heterocycles. The Balaban J connectivity index is 1.69. The first-order valence-corrected chi connectivity index (χ1v) is 9.42. The molecule has 2 aromatic rings. The van der Waals surface area contributed by atoms with Crippen LogP contribution in [0.4, 0.5) is 4.39 Å². The molecular formula is C20H26FN5O2. The molecule has 0 bridgehead atoms. The maximum atomic E-state index is 13.2. The minimum absolute atomic E-state index is 0.1000. The van der Waals surface area contributed by atoms with E-state index in [9.17, 15) is 14.0 Å². The third-order valence-electron chi connectivity index (χ3n) is 5.09. The standard InChI is InChI=1S/C20H26FN5O2/c1-13(2)26-9-8-22-20(28)17(26)10-18(27)25(3)12-15-11-23-24-19(15)14-4-6-16(21)7-5-14/h4-7,11,13,17H,8-10,12H2,1-3H3,(H,22,28)(H,23,24)/t17-/m1/s1. The van der Waals surface area contributed by atoms with Crippen molar-refractivity contribution in [2.75, 3.05) is 20.1 Å². The van der Waals surface area contributed by atoms with Crippen LogP contribution in [0.15, 0.2) is 30.5 Å². The summed E-state index contributed by atoms with van der Waals surface area (Å²) >= 11 is 0. The highest BCUT2D eigenvalue weighted by Gasteiger charge is 2.33. The molecule has 0 radical (unpaired) electrons. The molecule has 8 heteroatoms. The molecule has 150 valence electrons. The number of aromatic amines is 1. The van der Waals surface area contributed by atoms with Crippen molar-refractivity contribution in [2.24, 2.45) is 0 Å². The number of amides is 2. The largest absolute Gasteiger partial charge is 0.353 e. The molecule has 0 spiro atoms. The van der Waals surface area contributed by atoms with E-state index >= 15 is 0 Å². The van der Waals surface area contributed by atoms with Gasteiger partial charge in [0.05, 0.1) is 24.4 Å². The summed E-state index contributed by atoms with van der Waals surface area (Å²) in [6.07, 6.45) is 1.79. The Bertz CT molecular complexity index is 833. The number of halogens is 1. The fraction of sp³-hybridized carbons (Fsp3) is 0.450. The molecule has 2 N–H and O–H groups in total. The van der Waals surface area contributed by atoms with Gasteiger partial charge in [-0.3, -0.25) is 19.6 Å². The quantitative estimate of drug-likeness (QED) is 0.792. The van der Waals surface area contributed by atoms with E-state index < -0.39 is 6.04 Å². The van der Waals surface area contributed by atoms with Gasteiger partial charge in [-0.2, -0.15) is 5.10 Å². The van der Waals surface area contributed by atoms with Gasteiger partial charge in [0.1, 0.15) is 5.82 Å². The smallest absolute Gasteiger partial charge is 0.237 e. The summed E-state index contributed by atoms with van der Waals surface area (Å²) in [5.41, 5.74) is 2.38. The predicted octanol–water partition coefficient (Wildman–Crippen LogP) is 1.77. The van der Waals surface area contributed by atoms with Crippen LogP contribution >= 0.6 is 0 Å². The van der Waals surface area contributed by atoms with Crippen molar-refractivity contribution >= 4 is 11.8 Å². The van der Waals surface area contributed by atoms with Gasteiger partial charge in [-0.15, -0.1) is 0 Å². The zero-order chi connectivity index (χ0) is 20.3. The molecule has 1 aromatic heterocycles. The number of hydrogen-bond donors (Lipinski definition) is 2. The van der Waals surface area contributed by atoms with Gasteiger partial charge in [-0.1, -0.05) is 0 Å². The molecule has 0 aliphatic carbocycles. The van der Waals surface area contributed by atoms with Crippen LogP contribution in [0.2, 0.25) is 0 Å². The maximum Gasteiger partial charge on any atom is 0.237 e. The Kier molecular flexibility index (Phi) is 6.08. The van der Waals surface area contributed by atoms with Gasteiger partial charge in [-0.25, -0.2) is 4.39 Å². The summed E-state index contributed by atoms with van der Waals surface area (Å²) in [5, 5.41) is 9.83. The fourth-order valence-electron chi connectivity index (χ4n) is 3.52. The van der Waals surface area contributed by atoms with Crippen molar-refractivity contribution < 1.29 is 14.0 Å². The zero-order valence-corrected chi connectivity index (χ0v) is 16.4. The lowest BCUT2D eigenvalue weighted by molar-refractivity contribution is -0.139. The van der Waals surface area contributed by atoms with E-state index in [1.807, 2.05) is 13.8 Å². The van der Waals surface area contributed by atoms with Crippen molar-refractivity contribution in [3.8, 4) is 11.3 Å². The highest BCUT2D eigenvalue weighted by Crippen LogP contribution is 2.23. The summed E-state index contributed by atoms with van der Waals surface area (Å²) in [4.78, 5) is 28.7. The van der Waals surface area contributed by atoms with Gasteiger partial charge < -0.3 is 10.2 Å². The predicted molar refractivity (Wildman–Crippen MR) is 104 cm³/mol. The van der Waals surface area contributed by atoms with E-state index in [4.69, 9.17) is 0 Å². The van der Waals surface area contributed by atoms with Gasteiger partial charge >= 0.3 is 0 Å². The molecule has 1 fully saturated rings. The third kappa shape index (κ3) is 4.39. The normalized spacial score (nSPS) is 17.6. The maximum absolute atomic E-state index is 13.2. The molecular weight excluding hydrogens is 361 g/mol. The number of H-pyrrole nitrogens is 1. The Labute approximate surface area is 163 Å². The zero-order valence-electron chi connectivity index (χ0n) is 16.4. The van der Waals surface area contributed by atoms with Gasteiger partial charge in [0.15, 0.2) is 0 Å². The third-order valence-corrected chi connectivity index (χ3v) is 5.09. The van der Waals surface area contributed by atoms with Crippen molar-refractivity contribution in [1.29, 1.82) is 0 Å². The number of nitrogens with zero attached hydrogens (tertiary/aromatic N) is 3. The van der Waals surface area contributed by atoms with Crippen LogP contribution in [0.5, 0.6) is 0 Å². The van der Waals surface area contributed by atoms with Crippen molar-refractivity contribution in [2.45, 2.75) is 38.9 Å². The van der Waals surface area contributed by atoms with Gasteiger partial charge in [0.25, 0.3) is 0 Å². The van der Waals surface area contributed by atoms with Gasteiger partial charge in [0.2, 0.25) is 11.8 Å². The molecule has 7 nitrogen and oxygen atoms in total. The van der Waals surface area contributed by atoms with Crippen molar-refractivity contribution in [1.82, 2.24) is 25.3 Å². The molecule has 28 heavy (non-hydrogen) atoms. The summed E-state index contributed by atoms with van der Waals surface area (Å²) in [6.45, 7) is 5.74. The number of benzene rings is 1. The molecule has 2 amide bonds. The number of rotatable bonds is 6. The monoisotopic (exact) mass is 387 g/mol. The minimum Gasteiger partial charge on any atom is -0.353 e. The van der Waals surface area contributed by atoms with Crippen LogP contribution in [0.25, 0.3) is 11.3 Å². The van der Waals surface area contributed by atoms with Crippen LogP contribution in [0.3, 0.4) is 0 Å². The van der Waals surface area contributed by atoms with E-state index in [2.05, 4.69) is 20.4 Å². The second kappa shape index (κ2) is 8.52. The molecule has 1 aromatic carbocycles. The highest BCUT2D eigenvalue weighted by atomic mass is 19.1. The summed E-state index contributed by atoms with van der Waals surface area (Å²) in [6, 6.07) is 5.84. The Morgan fingerprint density at radius 1 is 1.36 bits per heavy atom. The number of aromatic nitrogens is 2. The van der Waals surface area contributed by atoms with Gasteiger partial charge in [-0.05, 0) is 38.1 Å². The molecule has 1 saturated heterocycles. The minimum atomic E-state index is -0.454. The SMILES string of the molecule is CC(C)N1CCNC(=O)[C@H]1CC(=O)N(C)Cc1cn[nH]c1-c1ccc(F)cc1. The van der Waals surface area contributed by atoms with Crippen molar-refractivity contribution in [3.63, 3.8) is 0 Å². The van der Waals surface area contributed by atoms with E-state index in [-0.39, 0.29) is 30.1 Å². The topological polar surface area (TPSA) is 81.3 Å². The summed E-state index contributed by atoms with van der Waals surface area (Å²) < 4.78 is 13.2. The molecule has 3 rings (SSSR count). The number of nitrogens with one attached hydrogen (secondary N) is 2. The Morgan fingerprint density at radius 2 is 2.07 bits per heavy atom. The Hall–Kier alpha value is -2.74. The van der Waals surface area contributed by atoms with Crippen molar-refractivity contribution in [3.05, 3.63) is 41.8 Å². The van der Waals surface area contributed by atoms with Crippen LogP contribution < -0.4 is 5.32 Å². The van der Waals surface area contributed by atoms with E-state index in [1.54, 1.807) is 30.3 Å². The Morgan fingerprint density at radius 3 is 2.75 bits per heavy atom. The number of carbonyl (C=O) groups is 2. The van der Waals surface area contributed by atoms with Crippen LogP contribution in [0, 0.1) is 5.82 Å². The first kappa shape index (κ1) is 20.0. The molecule has 1 atom stereocenters. The number of piperazine rings is 1. The van der Waals surface area contributed by atoms with Gasteiger partial charge in [0, 0.05) is 43.9 Å². The molecule has 1 aliphatic rings. The first-order valence-electron chi connectivity index (χ1n) is 9.42. The lowest BCUT2D eigenvalue weighted by Crippen LogP contribution is -2.58. The molecule has 2 heterocycles. The van der Waals surface area contributed by atoms with E-state index in [0.717, 1.165) is 23.4 Å². The second-order valence-electron chi connectivity index (χ2n) is 7.37. The van der Waals surface area contributed by atoms with Crippen LogP contribution in [-0.2, 0) is 16.1 Å². The lowest BCUT2D eigenvalue weighted by Gasteiger charge is -2.38. The molecule has 0 unspecified atom stereocenters. The lowest BCUT2D eigenvalue weighted by atomic mass is 10.0. The van der Waals surface area contributed by atoms with Crippen LogP contribution in [0.1, 0.15) is 25.8 Å². The average Bonchev–Trinajstić information content (AvgIpc) is 3.11. The molecule has 0 saturated carbocycles. The fourth-order valence-corrected chi connectivity index (χ4v) is 3.52.